The highest BCUT2D eigenvalue weighted by molar-refractivity contribution is 6.31. The van der Waals surface area contributed by atoms with E-state index in [2.05, 4.69) is 10.3 Å². The SMILES string of the molecule is CC(C)CN(CC(=O)Nc1nc(-c2ccccc2)cn1-c1cccc(Cl)c1)C(=O)c1ccc(Cl)cc1. The molecule has 0 aliphatic heterocycles. The van der Waals surface area contributed by atoms with Gasteiger partial charge in [-0.2, -0.15) is 0 Å². The number of halogens is 2. The Kier molecular flexibility index (Phi) is 8.08. The Bertz CT molecular complexity index is 1350. The van der Waals surface area contributed by atoms with Crippen LogP contribution in [-0.2, 0) is 4.79 Å². The summed E-state index contributed by atoms with van der Waals surface area (Å²) in [6.07, 6.45) is 1.85. The maximum atomic E-state index is 13.2. The molecule has 0 unspecified atom stereocenters. The zero-order valence-electron chi connectivity index (χ0n) is 20.0. The number of anilines is 1. The van der Waals surface area contributed by atoms with Crippen molar-refractivity contribution in [2.75, 3.05) is 18.4 Å². The third-order valence-corrected chi connectivity index (χ3v) is 5.90. The van der Waals surface area contributed by atoms with Crippen LogP contribution in [-0.4, -0.2) is 39.4 Å². The second kappa shape index (κ2) is 11.4. The maximum Gasteiger partial charge on any atom is 0.254 e. The minimum atomic E-state index is -0.355. The average molecular weight is 521 g/mol. The van der Waals surface area contributed by atoms with Crippen molar-refractivity contribution >= 4 is 41.0 Å². The molecule has 36 heavy (non-hydrogen) atoms. The Morgan fingerprint density at radius 1 is 0.944 bits per heavy atom. The molecule has 184 valence electrons. The number of imidazole rings is 1. The molecule has 4 rings (SSSR count). The van der Waals surface area contributed by atoms with E-state index in [9.17, 15) is 9.59 Å². The number of hydrogen-bond donors (Lipinski definition) is 1. The summed E-state index contributed by atoms with van der Waals surface area (Å²) >= 11 is 12.2. The molecule has 0 saturated carbocycles. The van der Waals surface area contributed by atoms with Crippen molar-refractivity contribution in [3.05, 3.63) is 101 Å². The fraction of sp³-hybridized carbons (Fsp3) is 0.179. The highest BCUT2D eigenvalue weighted by Crippen LogP contribution is 2.25. The number of rotatable bonds is 8. The molecule has 1 heterocycles. The van der Waals surface area contributed by atoms with Crippen molar-refractivity contribution in [1.82, 2.24) is 14.5 Å². The van der Waals surface area contributed by atoms with E-state index in [-0.39, 0.29) is 24.3 Å². The van der Waals surface area contributed by atoms with Crippen molar-refractivity contribution in [3.63, 3.8) is 0 Å². The number of carbonyl (C=O) groups is 2. The fourth-order valence-electron chi connectivity index (χ4n) is 3.81. The maximum absolute atomic E-state index is 13.2. The first-order valence-electron chi connectivity index (χ1n) is 11.6. The molecule has 1 N–H and O–H groups in total. The lowest BCUT2D eigenvalue weighted by Gasteiger charge is -2.24. The number of nitrogens with one attached hydrogen (secondary N) is 1. The number of carbonyl (C=O) groups excluding carboxylic acids is 2. The standard InChI is InChI=1S/C28H26Cl2N4O2/c1-19(2)16-33(27(36)21-11-13-22(29)14-12-21)18-26(35)32-28-31-25(20-7-4-3-5-8-20)17-34(28)24-10-6-9-23(30)15-24/h3-15,17,19H,16,18H2,1-2H3,(H,31,32,35). The summed E-state index contributed by atoms with van der Waals surface area (Å²) in [4.78, 5) is 32.6. The van der Waals surface area contributed by atoms with Crippen LogP contribution in [0.4, 0.5) is 5.95 Å². The summed E-state index contributed by atoms with van der Waals surface area (Å²) in [7, 11) is 0. The first-order chi connectivity index (χ1) is 17.3. The van der Waals surface area contributed by atoms with Crippen LogP contribution in [0.3, 0.4) is 0 Å². The lowest BCUT2D eigenvalue weighted by molar-refractivity contribution is -0.117. The van der Waals surface area contributed by atoms with E-state index in [1.54, 1.807) is 41.0 Å². The summed E-state index contributed by atoms with van der Waals surface area (Å²) in [5.74, 6) is -0.0816. The summed E-state index contributed by atoms with van der Waals surface area (Å²) < 4.78 is 1.78. The van der Waals surface area contributed by atoms with E-state index in [1.807, 2.05) is 62.5 Å². The second-order valence-corrected chi connectivity index (χ2v) is 9.67. The molecular weight excluding hydrogens is 495 g/mol. The van der Waals surface area contributed by atoms with Gasteiger partial charge < -0.3 is 4.90 Å². The Morgan fingerprint density at radius 3 is 2.33 bits per heavy atom. The minimum absolute atomic E-state index is 0.122. The zero-order valence-corrected chi connectivity index (χ0v) is 21.5. The number of nitrogens with zero attached hydrogens (tertiary/aromatic N) is 3. The molecule has 0 aliphatic rings. The number of amides is 2. The van der Waals surface area contributed by atoms with Gasteiger partial charge in [0.25, 0.3) is 5.91 Å². The summed E-state index contributed by atoms with van der Waals surface area (Å²) in [5.41, 5.74) is 2.83. The predicted molar refractivity (Wildman–Crippen MR) is 145 cm³/mol. The number of benzene rings is 3. The molecule has 0 saturated heterocycles. The highest BCUT2D eigenvalue weighted by Gasteiger charge is 2.22. The van der Waals surface area contributed by atoms with E-state index >= 15 is 0 Å². The van der Waals surface area contributed by atoms with Crippen LogP contribution in [0.1, 0.15) is 24.2 Å². The van der Waals surface area contributed by atoms with Gasteiger partial charge in [0.2, 0.25) is 11.9 Å². The Balaban J connectivity index is 1.61. The molecule has 4 aromatic rings. The van der Waals surface area contributed by atoms with Crippen molar-refractivity contribution < 1.29 is 9.59 Å². The van der Waals surface area contributed by atoms with Gasteiger partial charge in [-0.25, -0.2) is 4.98 Å². The largest absolute Gasteiger partial charge is 0.329 e. The summed E-state index contributed by atoms with van der Waals surface area (Å²) in [6, 6.07) is 23.6. The molecule has 0 spiro atoms. The predicted octanol–water partition coefficient (Wildman–Crippen LogP) is 6.58. The van der Waals surface area contributed by atoms with Crippen molar-refractivity contribution in [2.24, 2.45) is 5.92 Å². The van der Waals surface area contributed by atoms with Crippen LogP contribution in [0.2, 0.25) is 10.0 Å². The molecular formula is C28H26Cl2N4O2. The molecule has 1 aromatic heterocycles. The van der Waals surface area contributed by atoms with Crippen LogP contribution in [0.15, 0.2) is 85.1 Å². The molecule has 0 bridgehead atoms. The Labute approximate surface area is 220 Å². The number of aromatic nitrogens is 2. The third kappa shape index (κ3) is 6.33. The van der Waals surface area contributed by atoms with Crippen LogP contribution < -0.4 is 5.32 Å². The van der Waals surface area contributed by atoms with Gasteiger partial charge in [-0.3, -0.25) is 19.5 Å². The van der Waals surface area contributed by atoms with Crippen molar-refractivity contribution in [3.8, 4) is 16.9 Å². The normalized spacial score (nSPS) is 10.9. The first kappa shape index (κ1) is 25.5. The molecule has 8 heteroatoms. The van der Waals surface area contributed by atoms with E-state index in [4.69, 9.17) is 23.2 Å². The molecule has 3 aromatic carbocycles. The molecule has 0 aliphatic carbocycles. The minimum Gasteiger partial charge on any atom is -0.329 e. The van der Waals surface area contributed by atoms with E-state index in [1.165, 1.54) is 4.90 Å². The lowest BCUT2D eigenvalue weighted by Crippen LogP contribution is -2.40. The van der Waals surface area contributed by atoms with E-state index < -0.39 is 0 Å². The quantitative estimate of drug-likeness (QED) is 0.285. The second-order valence-electron chi connectivity index (χ2n) is 8.80. The summed E-state index contributed by atoms with van der Waals surface area (Å²) in [5, 5.41) is 4.00. The van der Waals surface area contributed by atoms with E-state index in [0.717, 1.165) is 11.3 Å². The van der Waals surface area contributed by atoms with Crippen molar-refractivity contribution in [2.45, 2.75) is 13.8 Å². The van der Waals surface area contributed by atoms with Gasteiger partial charge in [0.05, 0.1) is 5.69 Å². The molecule has 2 amide bonds. The Hall–Kier alpha value is -3.61. The van der Waals surface area contributed by atoms with Crippen LogP contribution in [0, 0.1) is 5.92 Å². The van der Waals surface area contributed by atoms with Crippen LogP contribution in [0.5, 0.6) is 0 Å². The molecule has 0 fully saturated rings. The van der Waals surface area contributed by atoms with Crippen LogP contribution >= 0.6 is 23.2 Å². The van der Waals surface area contributed by atoms with Gasteiger partial charge in [0, 0.05) is 39.6 Å². The average Bonchev–Trinajstić information content (AvgIpc) is 3.27. The van der Waals surface area contributed by atoms with Gasteiger partial charge in [-0.15, -0.1) is 0 Å². The number of hydrogen-bond acceptors (Lipinski definition) is 3. The van der Waals surface area contributed by atoms with Gasteiger partial charge in [0.1, 0.15) is 6.54 Å². The monoisotopic (exact) mass is 520 g/mol. The van der Waals surface area contributed by atoms with Crippen molar-refractivity contribution in [1.29, 1.82) is 0 Å². The van der Waals surface area contributed by atoms with Crippen LogP contribution in [0.25, 0.3) is 16.9 Å². The van der Waals surface area contributed by atoms with E-state index in [0.29, 0.717) is 33.8 Å². The molecule has 0 radical (unpaired) electrons. The fourth-order valence-corrected chi connectivity index (χ4v) is 4.12. The highest BCUT2D eigenvalue weighted by atomic mass is 35.5. The lowest BCUT2D eigenvalue weighted by atomic mass is 10.1. The van der Waals surface area contributed by atoms with Gasteiger partial charge in [0.15, 0.2) is 0 Å². The molecule has 0 atom stereocenters. The zero-order chi connectivity index (χ0) is 25.7. The smallest absolute Gasteiger partial charge is 0.254 e. The third-order valence-electron chi connectivity index (χ3n) is 5.41. The van der Waals surface area contributed by atoms with Gasteiger partial charge >= 0.3 is 0 Å². The van der Waals surface area contributed by atoms with Gasteiger partial charge in [-0.1, -0.05) is 73.4 Å². The topological polar surface area (TPSA) is 67.2 Å². The summed E-state index contributed by atoms with van der Waals surface area (Å²) in [6.45, 7) is 4.30. The van der Waals surface area contributed by atoms with Gasteiger partial charge in [-0.05, 0) is 48.4 Å². The molecule has 6 nitrogen and oxygen atoms in total. The first-order valence-corrected chi connectivity index (χ1v) is 12.3. The Morgan fingerprint density at radius 2 is 1.67 bits per heavy atom.